The van der Waals surface area contributed by atoms with Crippen LogP contribution >= 0.6 is 22.7 Å². The summed E-state index contributed by atoms with van der Waals surface area (Å²) in [5, 5.41) is 0. The van der Waals surface area contributed by atoms with Crippen molar-refractivity contribution in [2.45, 2.75) is 17.7 Å². The fraction of sp³-hybridized carbons (Fsp3) is 0.0462. The minimum Gasteiger partial charge on any atom is -0.310 e. The van der Waals surface area contributed by atoms with Gasteiger partial charge in [0.2, 0.25) is 0 Å². The van der Waals surface area contributed by atoms with E-state index in [1.54, 1.807) is 0 Å². The van der Waals surface area contributed by atoms with Gasteiger partial charge in [0.05, 0.1) is 22.2 Å². The van der Waals surface area contributed by atoms with E-state index < -0.39 is 17.7 Å². The van der Waals surface area contributed by atoms with Crippen LogP contribution in [-0.2, 0) is 10.8 Å². The van der Waals surface area contributed by atoms with Gasteiger partial charge in [-0.05, 0) is 121 Å². The molecule has 4 aliphatic carbocycles. The summed E-state index contributed by atoms with van der Waals surface area (Å²) in [6.45, 7) is -2.62. The molecule has 6 aliphatic rings. The average molecular weight is 926 g/mol. The van der Waals surface area contributed by atoms with Gasteiger partial charge in [-0.15, -0.1) is 22.7 Å². The van der Waals surface area contributed by atoms with Crippen LogP contribution in [0.5, 0.6) is 0 Å². The van der Waals surface area contributed by atoms with Gasteiger partial charge in [-0.1, -0.05) is 182 Å². The lowest BCUT2D eigenvalue weighted by molar-refractivity contribution is 0.811. The maximum Gasteiger partial charge on any atom is 0.277 e. The number of hydrogen-bond donors (Lipinski definition) is 0. The molecule has 0 N–H and O–H groups in total. The van der Waals surface area contributed by atoms with Crippen LogP contribution in [0.4, 0.5) is 34.1 Å². The molecule has 9 aromatic carbocycles. The highest BCUT2D eigenvalue weighted by Crippen LogP contribution is 2.69. The first-order valence-electron chi connectivity index (χ1n) is 25.7. The van der Waals surface area contributed by atoms with Crippen LogP contribution in [0.2, 0.25) is 0 Å². The number of fused-ring (bicyclic) bond motifs is 26. The smallest absolute Gasteiger partial charge is 0.277 e. The Hall–Kier alpha value is -7.96. The van der Waals surface area contributed by atoms with Crippen molar-refractivity contribution in [2.24, 2.45) is 0 Å². The van der Waals surface area contributed by atoms with E-state index in [2.05, 4.69) is 216 Å². The molecule has 5 heteroatoms. The summed E-state index contributed by atoms with van der Waals surface area (Å²) < 4.78 is 30.3. The Kier molecular flexibility index (Phi) is 6.65. The molecule has 0 fully saturated rings. The number of anilines is 6. The highest BCUT2D eigenvalue weighted by molar-refractivity contribution is 7.37. The summed E-state index contributed by atoms with van der Waals surface area (Å²) in [5.74, 6) is 0. The first kappa shape index (κ1) is 35.2. The highest BCUT2D eigenvalue weighted by atomic mass is 32.1. The first-order valence-corrected chi connectivity index (χ1v) is 25.8. The maximum atomic E-state index is 9.23. The lowest BCUT2D eigenvalue weighted by Crippen LogP contribution is -2.59. The second-order valence-electron chi connectivity index (χ2n) is 19.5. The van der Waals surface area contributed by atoms with E-state index in [0.717, 1.165) is 39.6 Å². The predicted molar refractivity (Wildman–Crippen MR) is 294 cm³/mol. The number of nitrogens with zero attached hydrogens (tertiary/aromatic N) is 2. The second kappa shape index (κ2) is 13.2. The maximum absolute atomic E-state index is 9.23. The standard InChI is InChI=1S/C65H39BN2S2/c1-38-36-53-57-54(37-38)68(40-22-6-3-7-23-40)59-56-46-29-13-19-35-52(46)65(49-32-16-10-26-43(49)44-27-11-17-33-50(44)65)61(56)70-63(59)66(57)62-58(67(53)39-20-4-2-5-21-39)55-45-28-12-18-34-51(45)64(60(55)69-62)47-30-14-8-24-41(47)42-25-9-15-31-48(42)64/h2-37H,1H3/i1D3. The molecule has 0 saturated carbocycles. The molecule has 2 spiro atoms. The Morgan fingerprint density at radius 2 is 0.700 bits per heavy atom. The summed E-state index contributed by atoms with van der Waals surface area (Å²) in [7, 11) is 0. The van der Waals surface area contributed by atoms with E-state index in [-0.39, 0.29) is 6.71 Å². The molecule has 70 heavy (non-hydrogen) atoms. The van der Waals surface area contributed by atoms with Gasteiger partial charge in [-0.3, -0.25) is 0 Å². The fourth-order valence-electron chi connectivity index (χ4n) is 14.2. The van der Waals surface area contributed by atoms with Gasteiger partial charge in [0.15, 0.2) is 0 Å². The van der Waals surface area contributed by atoms with Gasteiger partial charge in [0.1, 0.15) is 0 Å². The Labute approximate surface area is 419 Å². The van der Waals surface area contributed by atoms with Crippen LogP contribution < -0.4 is 24.8 Å². The molecule has 324 valence electrons. The van der Waals surface area contributed by atoms with Gasteiger partial charge in [0.25, 0.3) is 6.71 Å². The van der Waals surface area contributed by atoms with Crippen molar-refractivity contribution < 1.29 is 4.11 Å². The molecule has 11 aromatic rings. The Bertz CT molecular complexity index is 3900. The lowest BCUT2D eigenvalue weighted by Gasteiger charge is -2.43. The van der Waals surface area contributed by atoms with Crippen LogP contribution in [0.15, 0.2) is 218 Å². The quantitative estimate of drug-likeness (QED) is 0.159. The number of aryl methyl sites for hydroxylation is 1. The predicted octanol–water partition coefficient (Wildman–Crippen LogP) is 14.9. The largest absolute Gasteiger partial charge is 0.310 e. The molecule has 2 nitrogen and oxygen atoms in total. The number of rotatable bonds is 2. The van der Waals surface area contributed by atoms with Crippen molar-refractivity contribution in [1.82, 2.24) is 0 Å². The Morgan fingerprint density at radius 3 is 1.06 bits per heavy atom. The molecule has 0 radical (unpaired) electrons. The second-order valence-corrected chi connectivity index (χ2v) is 21.6. The van der Waals surface area contributed by atoms with Crippen LogP contribution in [-0.4, -0.2) is 6.71 Å². The van der Waals surface area contributed by atoms with Gasteiger partial charge >= 0.3 is 0 Å². The highest BCUT2D eigenvalue weighted by Gasteiger charge is 2.60. The Balaban J connectivity index is 1.06. The summed E-state index contributed by atoms with van der Waals surface area (Å²) in [5.41, 5.74) is 24.2. The molecule has 0 atom stereocenters. The van der Waals surface area contributed by atoms with E-state index in [0.29, 0.717) is 5.56 Å². The van der Waals surface area contributed by atoms with Crippen LogP contribution in [0, 0.1) is 6.85 Å². The molecule has 0 saturated heterocycles. The van der Waals surface area contributed by atoms with Gasteiger partial charge in [0, 0.05) is 57.3 Å². The molecule has 0 unspecified atom stereocenters. The summed E-state index contributed by atoms with van der Waals surface area (Å²) in [6.07, 6.45) is 0. The average Bonchev–Trinajstić information content (AvgIpc) is 4.27. The third-order valence-electron chi connectivity index (χ3n) is 16.5. The zero-order valence-corrected chi connectivity index (χ0v) is 39.2. The molecular weight excluding hydrogens is 884 g/mol. The van der Waals surface area contributed by atoms with Crippen molar-refractivity contribution in [3.05, 3.63) is 267 Å². The van der Waals surface area contributed by atoms with Gasteiger partial charge < -0.3 is 9.80 Å². The minimum atomic E-state index is -2.40. The zero-order valence-electron chi connectivity index (χ0n) is 40.6. The Morgan fingerprint density at radius 1 is 0.386 bits per heavy atom. The van der Waals surface area contributed by atoms with E-state index in [1.807, 2.05) is 34.8 Å². The van der Waals surface area contributed by atoms with Gasteiger partial charge in [-0.2, -0.15) is 0 Å². The molecule has 0 amide bonds. The molecule has 0 bridgehead atoms. The van der Waals surface area contributed by atoms with Crippen molar-refractivity contribution in [3.8, 4) is 44.5 Å². The van der Waals surface area contributed by atoms with Crippen molar-refractivity contribution in [1.29, 1.82) is 0 Å². The third kappa shape index (κ3) is 4.25. The van der Waals surface area contributed by atoms with E-state index >= 15 is 0 Å². The van der Waals surface area contributed by atoms with Crippen molar-refractivity contribution >= 4 is 78.5 Å². The summed E-state index contributed by atoms with van der Waals surface area (Å²) in [4.78, 5) is 7.51. The van der Waals surface area contributed by atoms with Gasteiger partial charge in [-0.25, -0.2) is 0 Å². The minimum absolute atomic E-state index is 0.223. The lowest BCUT2D eigenvalue weighted by atomic mass is 9.39. The van der Waals surface area contributed by atoms with Crippen molar-refractivity contribution in [2.75, 3.05) is 9.80 Å². The SMILES string of the molecule is [2H]C([2H])([2H])c1cc2c3c(c1)N(c1ccccc1)c1c(sc4c1-c1ccccc1C41c4ccccc4-c4ccccc41)B3c1sc3c(c1N2c1ccccc1)-c1ccccc1C31c2ccccc2-c2ccccc21. The topological polar surface area (TPSA) is 6.48 Å². The van der Waals surface area contributed by atoms with E-state index in [1.165, 1.54) is 97.2 Å². The molecular formula is C65H39BN2S2. The molecule has 4 heterocycles. The monoisotopic (exact) mass is 925 g/mol. The van der Waals surface area contributed by atoms with E-state index in [4.69, 9.17) is 0 Å². The summed E-state index contributed by atoms with van der Waals surface area (Å²) >= 11 is 3.95. The van der Waals surface area contributed by atoms with Crippen LogP contribution in [0.25, 0.3) is 44.5 Å². The normalized spacial score (nSPS) is 16.2. The fourth-order valence-corrected chi connectivity index (χ4v) is 17.6. The summed E-state index contributed by atoms with van der Waals surface area (Å²) in [6, 6.07) is 79.8. The first-order chi connectivity index (χ1) is 35.9. The van der Waals surface area contributed by atoms with Crippen molar-refractivity contribution in [3.63, 3.8) is 0 Å². The molecule has 2 aliphatic heterocycles. The van der Waals surface area contributed by atoms with Crippen LogP contribution in [0.3, 0.4) is 0 Å². The molecule has 2 aromatic heterocycles. The number of hydrogen-bond acceptors (Lipinski definition) is 4. The number of para-hydroxylation sites is 2. The van der Waals surface area contributed by atoms with Crippen LogP contribution in [0.1, 0.15) is 52.8 Å². The molecule has 17 rings (SSSR count). The van der Waals surface area contributed by atoms with E-state index in [9.17, 15) is 4.11 Å². The number of benzene rings is 9. The third-order valence-corrected chi connectivity index (χ3v) is 19.2. The zero-order chi connectivity index (χ0) is 48.1. The number of thiophene rings is 2.